The molecule has 4 nitrogen and oxygen atoms in total. The number of aromatic amines is 1. The molecule has 1 atom stereocenters. The van der Waals surface area contributed by atoms with Gasteiger partial charge in [0.2, 0.25) is 0 Å². The summed E-state index contributed by atoms with van der Waals surface area (Å²) in [6.07, 6.45) is 6.99. The molecule has 0 aliphatic carbocycles. The summed E-state index contributed by atoms with van der Waals surface area (Å²) in [6, 6.07) is 17.6. The van der Waals surface area contributed by atoms with Crippen LogP contribution in [0.5, 0.6) is 0 Å². The summed E-state index contributed by atoms with van der Waals surface area (Å²) in [4.78, 5) is 15.3. The second-order valence-electron chi connectivity index (χ2n) is 7.62. The number of hydrogen-bond acceptors (Lipinski definition) is 4. The molecule has 1 aliphatic heterocycles. The second-order valence-corrected chi connectivity index (χ2v) is 8.39. The Morgan fingerprint density at radius 2 is 1.83 bits per heavy atom. The smallest absolute Gasteiger partial charge is 0.187 e. The molecule has 0 saturated heterocycles. The van der Waals surface area contributed by atoms with Crippen LogP contribution in [-0.2, 0) is 13.0 Å². The van der Waals surface area contributed by atoms with Crippen LogP contribution in [0.25, 0.3) is 10.9 Å². The van der Waals surface area contributed by atoms with Gasteiger partial charge in [0.15, 0.2) is 5.16 Å². The fraction of sp³-hybridized carbons (Fsp3) is 0.250. The molecule has 5 rings (SSSR count). The highest BCUT2D eigenvalue weighted by atomic mass is 32.2. The molecule has 29 heavy (non-hydrogen) atoms. The van der Waals surface area contributed by atoms with E-state index in [9.17, 15) is 0 Å². The number of fused-ring (bicyclic) bond motifs is 3. The van der Waals surface area contributed by atoms with Gasteiger partial charge in [0.25, 0.3) is 0 Å². The molecule has 0 bridgehead atoms. The third kappa shape index (κ3) is 3.34. The first-order chi connectivity index (χ1) is 14.2. The lowest BCUT2D eigenvalue weighted by molar-refractivity contribution is 0.201. The number of nitrogens with zero attached hydrogens (tertiary/aromatic N) is 3. The molecule has 0 radical (unpaired) electrons. The standard InChI is InChI=1S/C24H24N4S/c1-16-7-3-4-8-18(16)23-22-20(19-9-5-6-10-21(19)27-22)11-12-28(23)15-17-13-25-24(29-2)26-14-17/h3-10,13-14,23,27H,11-12,15H2,1-2H3/t23-/m0/s1. The Morgan fingerprint density at radius 1 is 1.07 bits per heavy atom. The summed E-state index contributed by atoms with van der Waals surface area (Å²) in [5.74, 6) is 0. The number of benzene rings is 2. The normalized spacial score (nSPS) is 16.8. The van der Waals surface area contributed by atoms with E-state index >= 15 is 0 Å². The van der Waals surface area contributed by atoms with E-state index in [1.807, 2.05) is 18.6 Å². The molecular formula is C24H24N4S. The van der Waals surface area contributed by atoms with E-state index < -0.39 is 0 Å². The van der Waals surface area contributed by atoms with Gasteiger partial charge in [0.1, 0.15) is 0 Å². The Labute approximate surface area is 175 Å². The lowest BCUT2D eigenvalue weighted by atomic mass is 9.90. The van der Waals surface area contributed by atoms with Crippen LogP contribution in [0.15, 0.2) is 66.1 Å². The third-order valence-corrected chi connectivity index (χ3v) is 6.44. The molecule has 0 saturated carbocycles. The van der Waals surface area contributed by atoms with E-state index in [-0.39, 0.29) is 6.04 Å². The topological polar surface area (TPSA) is 44.8 Å². The van der Waals surface area contributed by atoms with Gasteiger partial charge in [-0.05, 0) is 42.4 Å². The van der Waals surface area contributed by atoms with Gasteiger partial charge in [-0.3, -0.25) is 4.90 Å². The predicted molar refractivity (Wildman–Crippen MR) is 119 cm³/mol. The van der Waals surface area contributed by atoms with Crippen molar-refractivity contribution in [2.75, 3.05) is 12.8 Å². The van der Waals surface area contributed by atoms with E-state index in [1.54, 1.807) is 11.8 Å². The molecule has 5 heteroatoms. The van der Waals surface area contributed by atoms with E-state index in [2.05, 4.69) is 75.3 Å². The zero-order valence-corrected chi connectivity index (χ0v) is 17.5. The van der Waals surface area contributed by atoms with Crippen molar-refractivity contribution in [2.24, 2.45) is 0 Å². The van der Waals surface area contributed by atoms with Gasteiger partial charge in [-0.1, -0.05) is 54.2 Å². The molecule has 146 valence electrons. The first-order valence-electron chi connectivity index (χ1n) is 9.98. The fourth-order valence-electron chi connectivity index (χ4n) is 4.47. The first kappa shape index (κ1) is 18.4. The number of rotatable bonds is 4. The Balaban J connectivity index is 1.59. The predicted octanol–water partition coefficient (Wildman–Crippen LogP) is 5.14. The van der Waals surface area contributed by atoms with Gasteiger partial charge in [-0.2, -0.15) is 0 Å². The zero-order chi connectivity index (χ0) is 19.8. The maximum Gasteiger partial charge on any atom is 0.187 e. The maximum atomic E-state index is 4.47. The van der Waals surface area contributed by atoms with Crippen LogP contribution < -0.4 is 0 Å². The van der Waals surface area contributed by atoms with Gasteiger partial charge >= 0.3 is 0 Å². The second kappa shape index (κ2) is 7.65. The number of aryl methyl sites for hydroxylation is 1. The van der Waals surface area contributed by atoms with Crippen molar-refractivity contribution in [3.63, 3.8) is 0 Å². The zero-order valence-electron chi connectivity index (χ0n) is 16.7. The summed E-state index contributed by atoms with van der Waals surface area (Å²) in [6.45, 7) is 4.06. The van der Waals surface area contributed by atoms with E-state index in [4.69, 9.17) is 0 Å². The number of thioether (sulfide) groups is 1. The van der Waals surface area contributed by atoms with Crippen LogP contribution in [0.2, 0.25) is 0 Å². The first-order valence-corrected chi connectivity index (χ1v) is 11.2. The van der Waals surface area contributed by atoms with Gasteiger partial charge in [-0.25, -0.2) is 9.97 Å². The van der Waals surface area contributed by atoms with Crippen LogP contribution in [-0.4, -0.2) is 32.7 Å². The molecule has 0 unspecified atom stereocenters. The summed E-state index contributed by atoms with van der Waals surface area (Å²) >= 11 is 1.58. The van der Waals surface area contributed by atoms with Crippen LogP contribution in [0.4, 0.5) is 0 Å². The van der Waals surface area contributed by atoms with Gasteiger partial charge < -0.3 is 4.98 Å². The van der Waals surface area contributed by atoms with E-state index in [1.165, 1.54) is 33.3 Å². The lowest BCUT2D eigenvalue weighted by Gasteiger charge is -2.37. The van der Waals surface area contributed by atoms with Gasteiger partial charge in [0.05, 0.1) is 6.04 Å². The molecule has 1 aliphatic rings. The molecule has 1 N–H and O–H groups in total. The van der Waals surface area contributed by atoms with Crippen LogP contribution in [0.3, 0.4) is 0 Å². The summed E-state index contributed by atoms with van der Waals surface area (Å²) in [5, 5.41) is 2.18. The monoisotopic (exact) mass is 400 g/mol. The van der Waals surface area contributed by atoms with Crippen molar-refractivity contribution in [2.45, 2.75) is 31.1 Å². The highest BCUT2D eigenvalue weighted by Crippen LogP contribution is 2.39. The Morgan fingerprint density at radius 3 is 2.62 bits per heavy atom. The van der Waals surface area contributed by atoms with Crippen LogP contribution in [0, 0.1) is 6.92 Å². The molecule has 2 aromatic heterocycles. The van der Waals surface area contributed by atoms with Crippen molar-refractivity contribution in [3.8, 4) is 0 Å². The molecule has 4 aromatic rings. The minimum Gasteiger partial charge on any atom is -0.357 e. The fourth-order valence-corrected chi connectivity index (χ4v) is 4.79. The number of aromatic nitrogens is 3. The lowest BCUT2D eigenvalue weighted by Crippen LogP contribution is -2.36. The largest absolute Gasteiger partial charge is 0.357 e. The quantitative estimate of drug-likeness (QED) is 0.381. The molecule has 3 heterocycles. The highest BCUT2D eigenvalue weighted by Gasteiger charge is 2.32. The van der Waals surface area contributed by atoms with Gasteiger partial charge in [0, 0.05) is 47.6 Å². The molecule has 0 spiro atoms. The van der Waals surface area contributed by atoms with Crippen molar-refractivity contribution < 1.29 is 0 Å². The number of hydrogen-bond donors (Lipinski definition) is 1. The SMILES string of the molecule is CSc1ncc(CN2CCc3c([nH]c4ccccc34)[C@@H]2c2ccccc2C)cn1. The maximum absolute atomic E-state index is 4.47. The Hall–Kier alpha value is -2.63. The van der Waals surface area contributed by atoms with Crippen molar-refractivity contribution >= 4 is 22.7 Å². The molecule has 0 amide bonds. The summed E-state index contributed by atoms with van der Waals surface area (Å²) in [5.41, 5.74) is 7.85. The van der Waals surface area contributed by atoms with E-state index in [0.29, 0.717) is 0 Å². The van der Waals surface area contributed by atoms with Gasteiger partial charge in [-0.15, -0.1) is 0 Å². The van der Waals surface area contributed by atoms with Crippen molar-refractivity contribution in [3.05, 3.63) is 88.9 Å². The van der Waals surface area contributed by atoms with Crippen LogP contribution >= 0.6 is 11.8 Å². The average Bonchev–Trinajstić information content (AvgIpc) is 3.13. The minimum absolute atomic E-state index is 0.201. The Kier molecular flexibility index (Phi) is 4.86. The summed E-state index contributed by atoms with van der Waals surface area (Å²) < 4.78 is 0. The molecule has 0 fully saturated rings. The van der Waals surface area contributed by atoms with Crippen molar-refractivity contribution in [1.82, 2.24) is 19.9 Å². The molecule has 2 aromatic carbocycles. The minimum atomic E-state index is 0.201. The van der Waals surface area contributed by atoms with Crippen LogP contribution in [0.1, 0.15) is 34.0 Å². The number of nitrogens with one attached hydrogen (secondary N) is 1. The van der Waals surface area contributed by atoms with E-state index in [0.717, 1.165) is 30.2 Å². The van der Waals surface area contributed by atoms with Crippen molar-refractivity contribution in [1.29, 1.82) is 0 Å². The molecular weight excluding hydrogens is 376 g/mol. The highest BCUT2D eigenvalue weighted by molar-refractivity contribution is 7.98. The number of H-pyrrole nitrogens is 1. The average molecular weight is 401 g/mol. The third-order valence-electron chi connectivity index (χ3n) is 5.87. The Bertz CT molecular complexity index is 1150. The number of para-hydroxylation sites is 1. The summed E-state index contributed by atoms with van der Waals surface area (Å²) in [7, 11) is 0.